The number of anilines is 1. The lowest BCUT2D eigenvalue weighted by atomic mass is 10.2. The Kier molecular flexibility index (Phi) is 3.16. The predicted molar refractivity (Wildman–Crippen MR) is 76.6 cm³/mol. The molecule has 3 rings (SSSR count). The maximum atomic E-state index is 6.11. The molecule has 3 aromatic rings. The molecule has 0 saturated carbocycles. The van der Waals surface area contributed by atoms with Crippen molar-refractivity contribution >= 4 is 28.9 Å². The van der Waals surface area contributed by atoms with Gasteiger partial charge in [0.05, 0.1) is 27.6 Å². The minimum atomic E-state index is 0.195. The van der Waals surface area contributed by atoms with Gasteiger partial charge in [-0.25, -0.2) is 0 Å². The maximum absolute atomic E-state index is 6.11. The van der Waals surface area contributed by atoms with Gasteiger partial charge in [-0.3, -0.25) is 0 Å². The summed E-state index contributed by atoms with van der Waals surface area (Å²) in [6.07, 6.45) is 1.56. The lowest BCUT2D eigenvalue weighted by Crippen LogP contribution is -1.92. The van der Waals surface area contributed by atoms with Crippen LogP contribution >= 0.6 is 23.2 Å². The normalized spacial score (nSPS) is 10.9. The average Bonchev–Trinajstić information content (AvgIpc) is 3.03. The van der Waals surface area contributed by atoms with Crippen LogP contribution in [-0.4, -0.2) is 10.1 Å². The fourth-order valence-electron chi connectivity index (χ4n) is 1.80. The van der Waals surface area contributed by atoms with Gasteiger partial charge in [-0.15, -0.1) is 0 Å². The Balaban J connectivity index is 2.12. The standard InChI is InChI=1S/C13H9Cl2N3O2/c1-6-4-5-19-11(6)12-17-13(20-18-12)9-7(14)2-3-8(15)10(9)16/h2-5H,16H2,1H3. The molecule has 7 heteroatoms. The van der Waals surface area contributed by atoms with Crippen molar-refractivity contribution < 1.29 is 8.94 Å². The molecule has 0 fully saturated rings. The number of furan rings is 1. The van der Waals surface area contributed by atoms with Crippen molar-refractivity contribution in [1.82, 2.24) is 10.1 Å². The summed E-state index contributed by atoms with van der Waals surface area (Å²) in [5.41, 5.74) is 7.53. The number of benzene rings is 1. The third-order valence-corrected chi connectivity index (χ3v) is 3.49. The zero-order valence-electron chi connectivity index (χ0n) is 10.4. The summed E-state index contributed by atoms with van der Waals surface area (Å²) in [5.74, 6) is 1.07. The van der Waals surface area contributed by atoms with Crippen LogP contribution in [0.25, 0.3) is 23.0 Å². The molecule has 2 N–H and O–H groups in total. The third-order valence-electron chi connectivity index (χ3n) is 2.85. The summed E-state index contributed by atoms with van der Waals surface area (Å²) in [6.45, 7) is 1.88. The predicted octanol–water partition coefficient (Wildman–Crippen LogP) is 4.19. The third kappa shape index (κ3) is 2.05. The van der Waals surface area contributed by atoms with Crippen LogP contribution in [0.3, 0.4) is 0 Å². The molecule has 0 atom stereocenters. The van der Waals surface area contributed by atoms with Gasteiger partial charge in [-0.2, -0.15) is 4.98 Å². The average molecular weight is 310 g/mol. The lowest BCUT2D eigenvalue weighted by Gasteiger charge is -2.04. The highest BCUT2D eigenvalue weighted by Gasteiger charge is 2.20. The van der Waals surface area contributed by atoms with E-state index in [2.05, 4.69) is 10.1 Å². The summed E-state index contributed by atoms with van der Waals surface area (Å²) in [7, 11) is 0. The number of halogens is 2. The minimum Gasteiger partial charge on any atom is -0.461 e. The van der Waals surface area contributed by atoms with Crippen molar-refractivity contribution in [1.29, 1.82) is 0 Å². The van der Waals surface area contributed by atoms with E-state index in [1.165, 1.54) is 0 Å². The second-order valence-electron chi connectivity index (χ2n) is 4.17. The van der Waals surface area contributed by atoms with Crippen LogP contribution in [0.2, 0.25) is 10.0 Å². The van der Waals surface area contributed by atoms with Crippen molar-refractivity contribution in [2.24, 2.45) is 0 Å². The van der Waals surface area contributed by atoms with Gasteiger partial charge in [0.25, 0.3) is 5.89 Å². The van der Waals surface area contributed by atoms with E-state index in [4.69, 9.17) is 37.9 Å². The fraction of sp³-hybridized carbons (Fsp3) is 0.0769. The first kappa shape index (κ1) is 13.0. The van der Waals surface area contributed by atoms with Crippen LogP contribution in [0.15, 0.2) is 33.4 Å². The molecule has 0 spiro atoms. The van der Waals surface area contributed by atoms with Gasteiger partial charge < -0.3 is 14.7 Å². The van der Waals surface area contributed by atoms with Gasteiger partial charge in [0.1, 0.15) is 0 Å². The molecule has 0 amide bonds. The van der Waals surface area contributed by atoms with Crippen LogP contribution in [0.4, 0.5) is 5.69 Å². The summed E-state index contributed by atoms with van der Waals surface area (Å²) in [4.78, 5) is 4.25. The largest absolute Gasteiger partial charge is 0.461 e. The molecule has 0 aliphatic rings. The fourth-order valence-corrected chi connectivity index (χ4v) is 2.21. The highest BCUT2D eigenvalue weighted by atomic mass is 35.5. The molecule has 0 aliphatic carbocycles. The number of aromatic nitrogens is 2. The molecule has 20 heavy (non-hydrogen) atoms. The molecular formula is C13H9Cl2N3O2. The molecule has 5 nitrogen and oxygen atoms in total. The maximum Gasteiger partial charge on any atom is 0.262 e. The van der Waals surface area contributed by atoms with Crippen molar-refractivity contribution in [3.63, 3.8) is 0 Å². The van der Waals surface area contributed by atoms with Crippen LogP contribution in [-0.2, 0) is 0 Å². The Morgan fingerprint density at radius 2 is 1.90 bits per heavy atom. The van der Waals surface area contributed by atoms with E-state index in [0.29, 0.717) is 32.9 Å². The van der Waals surface area contributed by atoms with Crippen molar-refractivity contribution in [2.45, 2.75) is 6.92 Å². The Bertz CT molecular complexity index is 780. The molecule has 0 radical (unpaired) electrons. The van der Waals surface area contributed by atoms with E-state index in [-0.39, 0.29) is 5.89 Å². The Morgan fingerprint density at radius 3 is 2.60 bits per heavy atom. The van der Waals surface area contributed by atoms with Gasteiger partial charge in [0, 0.05) is 0 Å². The monoisotopic (exact) mass is 309 g/mol. The summed E-state index contributed by atoms with van der Waals surface area (Å²) < 4.78 is 10.5. The van der Waals surface area contributed by atoms with Gasteiger partial charge in [0.15, 0.2) is 5.76 Å². The minimum absolute atomic E-state index is 0.195. The summed E-state index contributed by atoms with van der Waals surface area (Å²) >= 11 is 12.1. The first-order valence-electron chi connectivity index (χ1n) is 5.70. The molecule has 102 valence electrons. The highest BCUT2D eigenvalue weighted by molar-refractivity contribution is 6.37. The topological polar surface area (TPSA) is 78.1 Å². The Labute approximate surface area is 124 Å². The number of nitrogens with two attached hydrogens (primary N) is 1. The van der Waals surface area contributed by atoms with Crippen LogP contribution < -0.4 is 5.73 Å². The molecular weight excluding hydrogens is 301 g/mol. The zero-order valence-corrected chi connectivity index (χ0v) is 11.9. The van der Waals surface area contributed by atoms with Crippen molar-refractivity contribution in [3.05, 3.63) is 40.1 Å². The molecule has 0 saturated heterocycles. The first-order chi connectivity index (χ1) is 9.58. The number of nitrogens with zero attached hydrogens (tertiary/aromatic N) is 2. The van der Waals surface area contributed by atoms with Gasteiger partial charge >= 0.3 is 0 Å². The molecule has 1 aromatic carbocycles. The highest BCUT2D eigenvalue weighted by Crippen LogP contribution is 2.37. The second-order valence-corrected chi connectivity index (χ2v) is 4.99. The number of rotatable bonds is 2. The summed E-state index contributed by atoms with van der Waals surface area (Å²) in [6, 6.07) is 5.04. The molecule has 2 aromatic heterocycles. The molecule has 0 unspecified atom stereocenters. The molecule has 0 bridgehead atoms. The van der Waals surface area contributed by atoms with Crippen LogP contribution in [0.5, 0.6) is 0 Å². The van der Waals surface area contributed by atoms with E-state index in [9.17, 15) is 0 Å². The van der Waals surface area contributed by atoms with Crippen LogP contribution in [0, 0.1) is 6.92 Å². The van der Waals surface area contributed by atoms with Gasteiger partial charge in [-0.05, 0) is 30.7 Å². The molecule has 2 heterocycles. The Hall–Kier alpha value is -1.98. The van der Waals surface area contributed by atoms with E-state index < -0.39 is 0 Å². The van der Waals surface area contributed by atoms with E-state index >= 15 is 0 Å². The first-order valence-corrected chi connectivity index (χ1v) is 6.45. The number of nitrogen functional groups attached to an aromatic ring is 1. The van der Waals surface area contributed by atoms with Crippen molar-refractivity contribution in [2.75, 3.05) is 5.73 Å². The number of hydrogen-bond donors (Lipinski definition) is 1. The van der Waals surface area contributed by atoms with E-state index in [1.54, 1.807) is 18.4 Å². The van der Waals surface area contributed by atoms with E-state index in [0.717, 1.165) is 5.56 Å². The number of aryl methyl sites for hydroxylation is 1. The van der Waals surface area contributed by atoms with Crippen molar-refractivity contribution in [3.8, 4) is 23.0 Å². The van der Waals surface area contributed by atoms with Gasteiger partial charge in [0.2, 0.25) is 5.82 Å². The Morgan fingerprint density at radius 1 is 1.15 bits per heavy atom. The van der Waals surface area contributed by atoms with Crippen LogP contribution in [0.1, 0.15) is 5.56 Å². The smallest absolute Gasteiger partial charge is 0.262 e. The SMILES string of the molecule is Cc1ccoc1-c1noc(-c2c(Cl)ccc(Cl)c2N)n1. The van der Waals surface area contributed by atoms with Gasteiger partial charge in [-0.1, -0.05) is 28.4 Å². The second kappa shape index (κ2) is 4.85. The quantitative estimate of drug-likeness (QED) is 0.718. The number of hydrogen-bond acceptors (Lipinski definition) is 5. The molecule has 0 aliphatic heterocycles. The lowest BCUT2D eigenvalue weighted by molar-refractivity contribution is 0.429. The zero-order chi connectivity index (χ0) is 14.3. The van der Waals surface area contributed by atoms with E-state index in [1.807, 2.05) is 13.0 Å². The summed E-state index contributed by atoms with van der Waals surface area (Å²) in [5, 5.41) is 4.63.